The molecule has 4 aliphatic rings. The van der Waals surface area contributed by atoms with E-state index < -0.39 is 0 Å². The fraction of sp³-hybridized carbons (Fsp3) is 0.488. The minimum Gasteiger partial charge on any atom is -0.369 e. The van der Waals surface area contributed by atoms with E-state index in [1.54, 1.807) is 23.9 Å². The Morgan fingerprint density at radius 2 is 1.56 bits per heavy atom. The summed E-state index contributed by atoms with van der Waals surface area (Å²) in [7, 11) is 3.59. The summed E-state index contributed by atoms with van der Waals surface area (Å²) in [5, 5.41) is 6.69. The lowest BCUT2D eigenvalue weighted by molar-refractivity contribution is -0.120. The van der Waals surface area contributed by atoms with Crippen LogP contribution in [0.4, 0.5) is 27.8 Å². The van der Waals surface area contributed by atoms with Gasteiger partial charge in [-0.1, -0.05) is 25.0 Å². The zero-order valence-electron chi connectivity index (χ0n) is 31.5. The molecule has 4 amide bonds. The molecule has 0 spiro atoms. The Morgan fingerprint density at radius 1 is 0.852 bits per heavy atom. The first-order valence-corrected chi connectivity index (χ1v) is 19.7. The molecule has 1 aliphatic carbocycles. The molecule has 54 heavy (non-hydrogen) atoms. The van der Waals surface area contributed by atoms with Gasteiger partial charge in [0.05, 0.1) is 0 Å². The van der Waals surface area contributed by atoms with Crippen LogP contribution >= 0.6 is 0 Å². The number of anilines is 4. The Morgan fingerprint density at radius 3 is 2.24 bits per heavy atom. The summed E-state index contributed by atoms with van der Waals surface area (Å²) >= 11 is 0. The third kappa shape index (κ3) is 7.78. The number of piperidine rings is 1. The van der Waals surface area contributed by atoms with Crippen molar-refractivity contribution in [1.82, 2.24) is 34.6 Å². The van der Waals surface area contributed by atoms with Crippen molar-refractivity contribution in [2.24, 2.45) is 0 Å². The van der Waals surface area contributed by atoms with E-state index in [1.807, 2.05) is 24.4 Å². The molecule has 13 heteroatoms. The first-order valence-electron chi connectivity index (χ1n) is 19.7. The van der Waals surface area contributed by atoms with Crippen LogP contribution in [0.15, 0.2) is 60.8 Å². The van der Waals surface area contributed by atoms with Gasteiger partial charge in [-0.05, 0) is 93.2 Å². The highest BCUT2D eigenvalue weighted by molar-refractivity contribution is 6.05. The van der Waals surface area contributed by atoms with E-state index in [9.17, 15) is 14.4 Å². The first-order chi connectivity index (χ1) is 26.3. The zero-order chi connectivity index (χ0) is 37.2. The molecule has 2 aromatic heterocycles. The molecule has 3 saturated heterocycles. The Labute approximate surface area is 317 Å². The van der Waals surface area contributed by atoms with E-state index in [0.29, 0.717) is 30.6 Å². The van der Waals surface area contributed by atoms with E-state index >= 15 is 0 Å². The van der Waals surface area contributed by atoms with Gasteiger partial charge in [-0.25, -0.2) is 9.78 Å². The van der Waals surface area contributed by atoms with Crippen molar-refractivity contribution in [3.8, 4) is 0 Å². The molecule has 284 valence electrons. The van der Waals surface area contributed by atoms with E-state index in [-0.39, 0.29) is 23.9 Å². The molecule has 4 aromatic rings. The number of amides is 4. The van der Waals surface area contributed by atoms with Crippen molar-refractivity contribution in [2.75, 3.05) is 81.6 Å². The normalized spacial score (nSPS) is 19.4. The average molecular weight is 733 g/mol. The number of hydrogen-bond acceptors (Lipinski definition) is 9. The summed E-state index contributed by atoms with van der Waals surface area (Å²) < 4.78 is 2.15. The highest BCUT2D eigenvalue weighted by Crippen LogP contribution is 2.35. The van der Waals surface area contributed by atoms with Crippen LogP contribution in [0.1, 0.15) is 67.0 Å². The van der Waals surface area contributed by atoms with Gasteiger partial charge in [-0.3, -0.25) is 24.7 Å². The van der Waals surface area contributed by atoms with Crippen LogP contribution in [0.2, 0.25) is 0 Å². The number of urea groups is 1. The average Bonchev–Trinajstić information content (AvgIpc) is 3.86. The molecule has 2 aromatic carbocycles. The van der Waals surface area contributed by atoms with E-state index in [0.717, 1.165) is 87.5 Å². The predicted molar refractivity (Wildman–Crippen MR) is 212 cm³/mol. The summed E-state index contributed by atoms with van der Waals surface area (Å²) in [5.74, 6) is 0.327. The van der Waals surface area contributed by atoms with Crippen LogP contribution in [0.3, 0.4) is 0 Å². The SMILES string of the molecule is CN(C)C(=O)c1cc2cnc(Nc3ccc(CCN4CCC(N5CCN(c6ccc(N7CCC(=O)NC7=O)cc6)CC5)CC4)cc3)nc2n1C1CCCC1. The van der Waals surface area contributed by atoms with Crippen molar-refractivity contribution in [3.05, 3.63) is 72.1 Å². The lowest BCUT2D eigenvalue weighted by Gasteiger charge is -2.43. The standard InChI is InChI=1S/C41H52N10O3/c1-46(2)39(53)36-27-30-28-42-40(45-38(30)51(36)35-5-3-4-6-35)43-31-9-7-29(8-10-31)15-19-47-20-16-33(17-21-47)49-25-23-48(24-26-49)32-11-13-34(14-12-32)50-22-18-37(52)44-41(50)54/h7-14,27-28,33,35H,3-6,15-26H2,1-2H3,(H,42,43,45)(H,44,52,54). The number of hydrogen-bond donors (Lipinski definition) is 2. The molecule has 8 rings (SSSR count). The number of benzene rings is 2. The smallest absolute Gasteiger partial charge is 0.328 e. The van der Waals surface area contributed by atoms with Crippen LogP contribution in [-0.2, 0) is 11.2 Å². The monoisotopic (exact) mass is 732 g/mol. The van der Waals surface area contributed by atoms with Crippen molar-refractivity contribution < 1.29 is 14.4 Å². The number of carbonyl (C=O) groups excluding carboxylic acids is 3. The van der Waals surface area contributed by atoms with Gasteiger partial charge in [0.1, 0.15) is 11.3 Å². The number of likely N-dealkylation sites (tertiary alicyclic amines) is 1. The summed E-state index contributed by atoms with van der Waals surface area (Å²) in [6.45, 7) is 7.86. The van der Waals surface area contributed by atoms with Crippen LogP contribution in [0.25, 0.3) is 11.0 Å². The second-order valence-electron chi connectivity index (χ2n) is 15.4. The number of nitrogens with one attached hydrogen (secondary N) is 2. The molecule has 0 bridgehead atoms. The topological polar surface area (TPSA) is 122 Å². The molecule has 0 radical (unpaired) electrons. The highest BCUT2D eigenvalue weighted by Gasteiger charge is 2.29. The number of carbonyl (C=O) groups is 3. The Bertz CT molecular complexity index is 1960. The van der Waals surface area contributed by atoms with Crippen molar-refractivity contribution in [2.45, 2.75) is 63.5 Å². The third-order valence-electron chi connectivity index (χ3n) is 11.8. The minimum atomic E-state index is -0.344. The summed E-state index contributed by atoms with van der Waals surface area (Å²) in [5.41, 5.74) is 5.78. The minimum absolute atomic E-state index is 0.00224. The number of rotatable bonds is 10. The van der Waals surface area contributed by atoms with Gasteiger partial charge in [0.15, 0.2) is 0 Å². The van der Waals surface area contributed by atoms with Gasteiger partial charge < -0.3 is 24.6 Å². The third-order valence-corrected chi connectivity index (χ3v) is 11.8. The highest BCUT2D eigenvalue weighted by atomic mass is 16.2. The molecule has 2 N–H and O–H groups in total. The maximum absolute atomic E-state index is 13.1. The molecule has 0 atom stereocenters. The Kier molecular flexibility index (Phi) is 10.5. The summed E-state index contributed by atoms with van der Waals surface area (Å²) in [6, 6.07) is 19.3. The molecule has 1 saturated carbocycles. The quantitative estimate of drug-likeness (QED) is 0.225. The van der Waals surface area contributed by atoms with E-state index in [1.165, 1.54) is 36.9 Å². The van der Waals surface area contributed by atoms with Crippen molar-refractivity contribution in [1.29, 1.82) is 0 Å². The van der Waals surface area contributed by atoms with Gasteiger partial charge >= 0.3 is 6.03 Å². The fourth-order valence-electron chi connectivity index (χ4n) is 8.67. The lowest BCUT2D eigenvalue weighted by atomic mass is 10.0. The largest absolute Gasteiger partial charge is 0.369 e. The number of nitrogens with zero attached hydrogens (tertiary/aromatic N) is 8. The van der Waals surface area contributed by atoms with Crippen LogP contribution in [0, 0.1) is 0 Å². The fourth-order valence-corrected chi connectivity index (χ4v) is 8.67. The zero-order valence-corrected chi connectivity index (χ0v) is 31.5. The van der Waals surface area contributed by atoms with Gasteiger partial charge in [0.2, 0.25) is 11.9 Å². The van der Waals surface area contributed by atoms with Crippen LogP contribution in [-0.4, -0.2) is 120 Å². The molecule has 0 unspecified atom stereocenters. The molecule has 5 heterocycles. The number of aromatic nitrogens is 3. The van der Waals surface area contributed by atoms with Crippen molar-refractivity contribution in [3.63, 3.8) is 0 Å². The second kappa shape index (κ2) is 15.8. The first kappa shape index (κ1) is 36.0. The summed E-state index contributed by atoms with van der Waals surface area (Å²) in [4.78, 5) is 57.3. The molecular weight excluding hydrogens is 681 g/mol. The Hall–Kier alpha value is -5.01. The number of imide groups is 1. The molecule has 13 nitrogen and oxygen atoms in total. The molecule has 4 fully saturated rings. The van der Waals surface area contributed by atoms with E-state index in [4.69, 9.17) is 4.98 Å². The van der Waals surface area contributed by atoms with Gasteiger partial charge in [0.25, 0.3) is 5.91 Å². The van der Waals surface area contributed by atoms with Gasteiger partial charge in [-0.2, -0.15) is 4.98 Å². The maximum Gasteiger partial charge on any atom is 0.328 e. The molecule has 3 aliphatic heterocycles. The second-order valence-corrected chi connectivity index (χ2v) is 15.4. The molecular formula is C41H52N10O3. The van der Waals surface area contributed by atoms with Crippen LogP contribution < -0.4 is 20.4 Å². The van der Waals surface area contributed by atoms with Gasteiger partial charge in [0, 0.05) is 101 Å². The summed E-state index contributed by atoms with van der Waals surface area (Å²) in [6.07, 6.45) is 10.1. The number of piperazine rings is 1. The predicted octanol–water partition coefficient (Wildman–Crippen LogP) is 5.27. The van der Waals surface area contributed by atoms with Gasteiger partial charge in [-0.15, -0.1) is 0 Å². The lowest BCUT2D eigenvalue weighted by Crippen LogP contribution is -2.53. The van der Waals surface area contributed by atoms with Crippen molar-refractivity contribution >= 4 is 51.9 Å². The maximum atomic E-state index is 13.1. The number of fused-ring (bicyclic) bond motifs is 1. The Balaban J connectivity index is 0.789. The van der Waals surface area contributed by atoms with E-state index in [2.05, 4.69) is 71.3 Å². The van der Waals surface area contributed by atoms with Crippen LogP contribution in [0.5, 0.6) is 0 Å².